The van der Waals surface area contributed by atoms with Gasteiger partial charge in [0.1, 0.15) is 15.8 Å². The number of rotatable bonds is 8. The van der Waals surface area contributed by atoms with Gasteiger partial charge in [0.15, 0.2) is 5.88 Å². The molecule has 0 aliphatic heterocycles. The molecule has 1 aromatic rings. The van der Waals surface area contributed by atoms with Crippen molar-refractivity contribution in [3.8, 4) is 0 Å². The summed E-state index contributed by atoms with van der Waals surface area (Å²) in [5.41, 5.74) is 0.988. The van der Waals surface area contributed by atoms with Crippen molar-refractivity contribution < 1.29 is 22.2 Å². The van der Waals surface area contributed by atoms with E-state index in [4.69, 9.17) is 0 Å². The Bertz CT molecular complexity index is 650. The topological polar surface area (TPSA) is 117 Å². The zero-order valence-electron chi connectivity index (χ0n) is 12.9. The van der Waals surface area contributed by atoms with Gasteiger partial charge in [-0.1, -0.05) is 11.8 Å². The molecular formula is C12H21N5O4S. The Labute approximate surface area is 129 Å². The number of quaternary nitrogens is 1. The van der Waals surface area contributed by atoms with E-state index in [0.717, 1.165) is 0 Å². The van der Waals surface area contributed by atoms with Crippen LogP contribution in [0.25, 0.3) is 0 Å². The maximum absolute atomic E-state index is 11.4. The molecule has 0 saturated heterocycles. The lowest BCUT2D eigenvalue weighted by molar-refractivity contribution is -0.879. The van der Waals surface area contributed by atoms with Gasteiger partial charge in [0.25, 0.3) is 0 Å². The number of hydrogen-bond donors (Lipinski definition) is 1. The third-order valence-electron chi connectivity index (χ3n) is 2.85. The van der Waals surface area contributed by atoms with Crippen LogP contribution in [0.2, 0.25) is 0 Å². The standard InChI is InChI=1S/C12H21N5O4S/c1-10(2)12(18)13-7-11-8-16(15-14-11)5-6-17(3,4)9-22(19,20)21/h8H,1,5-7,9H2,2-4H3,(H-,13,18,19,20,21). The summed E-state index contributed by atoms with van der Waals surface area (Å²) in [4.78, 5) is 11.4. The number of carbonyl (C=O) groups is 1. The molecule has 0 saturated carbocycles. The van der Waals surface area contributed by atoms with Crippen LogP contribution in [0.5, 0.6) is 0 Å². The highest BCUT2D eigenvalue weighted by Gasteiger charge is 2.19. The first-order valence-corrected chi connectivity index (χ1v) is 8.14. The molecule has 10 heteroatoms. The molecular weight excluding hydrogens is 310 g/mol. The number of aromatic nitrogens is 3. The van der Waals surface area contributed by atoms with Crippen molar-refractivity contribution in [2.75, 3.05) is 26.5 Å². The summed E-state index contributed by atoms with van der Waals surface area (Å²) in [6, 6.07) is 0. The van der Waals surface area contributed by atoms with Crippen LogP contribution in [-0.4, -0.2) is 64.9 Å². The molecule has 1 aromatic heterocycles. The number of hydrogen-bond acceptors (Lipinski definition) is 6. The second-order valence-electron chi connectivity index (χ2n) is 5.78. The Balaban J connectivity index is 2.52. The number of carbonyl (C=O) groups excluding carboxylic acids is 1. The quantitative estimate of drug-likeness (QED) is 0.373. The summed E-state index contributed by atoms with van der Waals surface area (Å²) in [6.07, 6.45) is 1.66. The normalized spacial score (nSPS) is 12.2. The van der Waals surface area contributed by atoms with Gasteiger partial charge < -0.3 is 14.4 Å². The van der Waals surface area contributed by atoms with E-state index in [2.05, 4.69) is 22.2 Å². The third-order valence-corrected chi connectivity index (χ3v) is 3.86. The van der Waals surface area contributed by atoms with Gasteiger partial charge in [-0.15, -0.1) is 5.10 Å². The van der Waals surface area contributed by atoms with Crippen LogP contribution < -0.4 is 5.32 Å². The Morgan fingerprint density at radius 3 is 2.68 bits per heavy atom. The van der Waals surface area contributed by atoms with Crippen molar-refractivity contribution in [2.45, 2.75) is 20.0 Å². The van der Waals surface area contributed by atoms with Crippen molar-refractivity contribution >= 4 is 16.0 Å². The van der Waals surface area contributed by atoms with Gasteiger partial charge in [0.2, 0.25) is 5.91 Å². The second-order valence-corrected chi connectivity index (χ2v) is 7.16. The fourth-order valence-corrected chi connectivity index (χ4v) is 2.70. The highest BCUT2D eigenvalue weighted by Crippen LogP contribution is 2.02. The van der Waals surface area contributed by atoms with Gasteiger partial charge in [0.05, 0.1) is 39.9 Å². The number of nitrogens with one attached hydrogen (secondary N) is 1. The highest BCUT2D eigenvalue weighted by atomic mass is 32.2. The highest BCUT2D eigenvalue weighted by molar-refractivity contribution is 7.85. The fraction of sp³-hybridized carbons (Fsp3) is 0.583. The Kier molecular flexibility index (Phi) is 5.80. The zero-order chi connectivity index (χ0) is 17.0. The van der Waals surface area contributed by atoms with Crippen LogP contribution in [-0.2, 0) is 28.0 Å². The van der Waals surface area contributed by atoms with Crippen LogP contribution in [0.4, 0.5) is 0 Å². The lowest BCUT2D eigenvalue weighted by Gasteiger charge is -2.30. The van der Waals surface area contributed by atoms with Crippen LogP contribution >= 0.6 is 0 Å². The number of nitrogens with zero attached hydrogens (tertiary/aromatic N) is 4. The monoisotopic (exact) mass is 331 g/mol. The molecule has 0 unspecified atom stereocenters. The van der Waals surface area contributed by atoms with Crippen LogP contribution in [0, 0.1) is 0 Å². The lowest BCUT2D eigenvalue weighted by atomic mass is 10.3. The summed E-state index contributed by atoms with van der Waals surface area (Å²) < 4.78 is 34.0. The molecule has 0 bridgehead atoms. The molecule has 0 aromatic carbocycles. The molecule has 1 N–H and O–H groups in total. The van der Waals surface area contributed by atoms with E-state index in [0.29, 0.717) is 24.4 Å². The minimum Gasteiger partial charge on any atom is -0.744 e. The first-order chi connectivity index (χ1) is 9.98. The molecule has 1 heterocycles. The summed E-state index contributed by atoms with van der Waals surface area (Å²) >= 11 is 0. The first kappa shape index (κ1) is 18.3. The molecule has 0 atom stereocenters. The first-order valence-electron chi connectivity index (χ1n) is 6.57. The number of likely N-dealkylation sites (N-methyl/N-ethyl adjacent to an activating group) is 1. The van der Waals surface area contributed by atoms with Crippen molar-refractivity contribution in [3.05, 3.63) is 24.0 Å². The molecule has 0 spiro atoms. The van der Waals surface area contributed by atoms with Gasteiger partial charge in [-0.3, -0.25) is 4.79 Å². The lowest BCUT2D eigenvalue weighted by Crippen LogP contribution is -2.45. The van der Waals surface area contributed by atoms with Gasteiger partial charge in [0, 0.05) is 5.57 Å². The fourth-order valence-electron chi connectivity index (χ4n) is 1.72. The summed E-state index contributed by atoms with van der Waals surface area (Å²) in [5.74, 6) is -0.739. The molecule has 0 radical (unpaired) electrons. The van der Waals surface area contributed by atoms with Crippen molar-refractivity contribution in [2.24, 2.45) is 0 Å². The smallest absolute Gasteiger partial charge is 0.246 e. The van der Waals surface area contributed by atoms with E-state index < -0.39 is 16.0 Å². The SMILES string of the molecule is C=C(C)C(=O)NCc1cn(CC[N+](C)(C)CS(=O)(=O)[O-])nn1. The van der Waals surface area contributed by atoms with Crippen LogP contribution in [0.1, 0.15) is 12.6 Å². The second kappa shape index (κ2) is 6.99. The van der Waals surface area contributed by atoms with Crippen LogP contribution in [0.15, 0.2) is 18.3 Å². The van der Waals surface area contributed by atoms with E-state index in [1.165, 1.54) is 0 Å². The molecule has 0 aliphatic rings. The Hall–Kier alpha value is -1.78. The molecule has 124 valence electrons. The summed E-state index contributed by atoms with van der Waals surface area (Å²) in [7, 11) is -0.980. The molecule has 0 fully saturated rings. The molecule has 1 rings (SSSR count). The van der Waals surface area contributed by atoms with E-state index in [1.54, 1.807) is 31.9 Å². The van der Waals surface area contributed by atoms with Gasteiger partial charge in [-0.25, -0.2) is 13.1 Å². The zero-order valence-corrected chi connectivity index (χ0v) is 13.8. The van der Waals surface area contributed by atoms with Gasteiger partial charge in [-0.2, -0.15) is 0 Å². The molecule has 1 amide bonds. The van der Waals surface area contributed by atoms with E-state index in [1.807, 2.05) is 0 Å². The van der Waals surface area contributed by atoms with Gasteiger partial charge in [-0.05, 0) is 6.92 Å². The van der Waals surface area contributed by atoms with E-state index >= 15 is 0 Å². The maximum atomic E-state index is 11.4. The average molecular weight is 331 g/mol. The maximum Gasteiger partial charge on any atom is 0.246 e. The Morgan fingerprint density at radius 1 is 1.50 bits per heavy atom. The van der Waals surface area contributed by atoms with Crippen molar-refractivity contribution in [3.63, 3.8) is 0 Å². The summed E-state index contributed by atoms with van der Waals surface area (Å²) in [6.45, 7) is 6.18. The predicted octanol–water partition coefficient (Wildman–Crippen LogP) is -0.950. The minimum atomic E-state index is -4.29. The van der Waals surface area contributed by atoms with Crippen molar-refractivity contribution in [1.29, 1.82) is 0 Å². The van der Waals surface area contributed by atoms with E-state index in [-0.39, 0.29) is 16.9 Å². The summed E-state index contributed by atoms with van der Waals surface area (Å²) in [5, 5.41) is 10.4. The van der Waals surface area contributed by atoms with E-state index in [9.17, 15) is 17.8 Å². The minimum absolute atomic E-state index is 0.0351. The number of amides is 1. The third kappa shape index (κ3) is 6.78. The van der Waals surface area contributed by atoms with Gasteiger partial charge >= 0.3 is 0 Å². The average Bonchev–Trinajstić information content (AvgIpc) is 2.78. The molecule has 0 aliphatic carbocycles. The Morgan fingerprint density at radius 2 is 2.14 bits per heavy atom. The van der Waals surface area contributed by atoms with Crippen LogP contribution in [0.3, 0.4) is 0 Å². The van der Waals surface area contributed by atoms with Crippen molar-refractivity contribution in [1.82, 2.24) is 20.3 Å². The molecule has 9 nitrogen and oxygen atoms in total. The largest absolute Gasteiger partial charge is 0.744 e. The molecule has 22 heavy (non-hydrogen) atoms. The predicted molar refractivity (Wildman–Crippen MR) is 78.2 cm³/mol.